The molecule has 1 aromatic rings. The number of carboxylic acids is 2. The SMILES string of the molecule is COc1cccc(CN(C(C)C)[C@H]2CCNC2)c1.O=C(O)/C=C/C(=O)O. The van der Waals surface area contributed by atoms with Gasteiger partial charge < -0.3 is 20.3 Å². The van der Waals surface area contributed by atoms with Crippen LogP contribution in [0.25, 0.3) is 0 Å². The molecule has 7 heteroatoms. The number of ether oxygens (including phenoxy) is 1. The van der Waals surface area contributed by atoms with Crippen molar-refractivity contribution in [2.75, 3.05) is 20.2 Å². The Balaban J connectivity index is 0.000000359. The minimum atomic E-state index is -1.26. The van der Waals surface area contributed by atoms with Crippen LogP contribution >= 0.6 is 0 Å². The van der Waals surface area contributed by atoms with E-state index in [-0.39, 0.29) is 0 Å². The first kappa shape index (κ1) is 21.7. The zero-order valence-corrected chi connectivity index (χ0v) is 15.5. The molecule has 1 saturated heterocycles. The maximum Gasteiger partial charge on any atom is 0.328 e. The molecule has 1 fully saturated rings. The van der Waals surface area contributed by atoms with E-state index in [2.05, 4.69) is 42.3 Å². The third-order valence-electron chi connectivity index (χ3n) is 4.03. The molecule has 1 aliphatic heterocycles. The minimum absolute atomic E-state index is 0.558. The molecule has 0 bridgehead atoms. The van der Waals surface area contributed by atoms with Gasteiger partial charge in [-0.1, -0.05) is 12.1 Å². The Morgan fingerprint density at radius 2 is 1.96 bits per heavy atom. The Kier molecular flexibility index (Phi) is 9.40. The van der Waals surface area contributed by atoms with Crippen LogP contribution in [0.1, 0.15) is 25.8 Å². The summed E-state index contributed by atoms with van der Waals surface area (Å²) < 4.78 is 5.29. The Morgan fingerprint density at radius 3 is 2.42 bits per heavy atom. The maximum atomic E-state index is 9.55. The second kappa shape index (κ2) is 11.3. The monoisotopic (exact) mass is 364 g/mol. The van der Waals surface area contributed by atoms with E-state index in [0.29, 0.717) is 24.2 Å². The van der Waals surface area contributed by atoms with Crippen LogP contribution in [0, 0.1) is 0 Å². The molecular formula is C19H28N2O5. The summed E-state index contributed by atoms with van der Waals surface area (Å²) in [5.74, 6) is -1.57. The first-order chi connectivity index (χ1) is 12.3. The molecule has 1 aliphatic rings. The molecule has 2 rings (SSSR count). The number of methoxy groups -OCH3 is 1. The van der Waals surface area contributed by atoms with Crippen molar-refractivity contribution in [3.8, 4) is 5.75 Å². The highest BCUT2D eigenvalue weighted by Gasteiger charge is 2.24. The van der Waals surface area contributed by atoms with Gasteiger partial charge in [-0.15, -0.1) is 0 Å². The molecule has 0 spiro atoms. The highest BCUT2D eigenvalue weighted by Crippen LogP contribution is 2.19. The van der Waals surface area contributed by atoms with E-state index in [1.54, 1.807) is 7.11 Å². The van der Waals surface area contributed by atoms with Crippen LogP contribution in [-0.4, -0.2) is 59.3 Å². The highest BCUT2D eigenvalue weighted by molar-refractivity contribution is 5.89. The predicted molar refractivity (Wildman–Crippen MR) is 99.4 cm³/mol. The van der Waals surface area contributed by atoms with E-state index < -0.39 is 11.9 Å². The standard InChI is InChI=1S/C15H24N2O.C4H4O4/c1-12(2)17(14-7-8-16-10-14)11-13-5-4-6-15(9-13)18-3;5-3(6)1-2-4(7)8/h4-6,9,12,14,16H,7-8,10-11H2,1-3H3;1-2H,(H,5,6)(H,7,8)/b;2-1+/t14-;/m0./s1. The molecule has 1 atom stereocenters. The van der Waals surface area contributed by atoms with Gasteiger partial charge in [-0.2, -0.15) is 0 Å². The van der Waals surface area contributed by atoms with Crippen molar-refractivity contribution >= 4 is 11.9 Å². The number of aliphatic carboxylic acids is 2. The Bertz CT molecular complexity index is 594. The molecule has 0 saturated carbocycles. The zero-order valence-electron chi connectivity index (χ0n) is 15.5. The number of nitrogens with one attached hydrogen (secondary N) is 1. The third-order valence-corrected chi connectivity index (χ3v) is 4.03. The van der Waals surface area contributed by atoms with E-state index >= 15 is 0 Å². The maximum absolute atomic E-state index is 9.55. The van der Waals surface area contributed by atoms with Gasteiger partial charge in [-0.3, -0.25) is 4.90 Å². The molecular weight excluding hydrogens is 336 g/mol. The lowest BCUT2D eigenvalue weighted by Gasteiger charge is -2.32. The van der Waals surface area contributed by atoms with E-state index in [4.69, 9.17) is 14.9 Å². The summed E-state index contributed by atoms with van der Waals surface area (Å²) >= 11 is 0. The van der Waals surface area contributed by atoms with Crippen LogP contribution in [-0.2, 0) is 16.1 Å². The molecule has 7 nitrogen and oxygen atoms in total. The summed E-state index contributed by atoms with van der Waals surface area (Å²) in [6.45, 7) is 7.81. The number of hydrogen-bond acceptors (Lipinski definition) is 5. The fourth-order valence-electron chi connectivity index (χ4n) is 2.78. The number of nitrogens with zero attached hydrogens (tertiary/aromatic N) is 1. The Morgan fingerprint density at radius 1 is 1.31 bits per heavy atom. The van der Waals surface area contributed by atoms with Crippen molar-refractivity contribution in [3.05, 3.63) is 42.0 Å². The van der Waals surface area contributed by atoms with Crippen LogP contribution in [0.4, 0.5) is 0 Å². The molecule has 0 radical (unpaired) electrons. The Labute approximate surface area is 154 Å². The number of carboxylic acid groups (broad SMARTS) is 2. The fourth-order valence-corrected chi connectivity index (χ4v) is 2.78. The minimum Gasteiger partial charge on any atom is -0.497 e. The quantitative estimate of drug-likeness (QED) is 0.636. The second-order valence-electron chi connectivity index (χ2n) is 6.27. The van der Waals surface area contributed by atoms with Crippen molar-refractivity contribution in [3.63, 3.8) is 0 Å². The average Bonchev–Trinajstić information content (AvgIpc) is 3.12. The van der Waals surface area contributed by atoms with Gasteiger partial charge in [0.25, 0.3) is 0 Å². The van der Waals surface area contributed by atoms with Gasteiger partial charge in [-0.05, 0) is 44.5 Å². The number of benzene rings is 1. The molecule has 144 valence electrons. The number of carbonyl (C=O) groups is 2. The van der Waals surface area contributed by atoms with E-state index in [0.717, 1.165) is 25.4 Å². The molecule has 1 heterocycles. The lowest BCUT2D eigenvalue weighted by molar-refractivity contribution is -0.134. The van der Waals surface area contributed by atoms with Gasteiger partial charge in [-0.25, -0.2) is 9.59 Å². The lowest BCUT2D eigenvalue weighted by Crippen LogP contribution is -2.41. The predicted octanol–water partition coefficient (Wildman–Crippen LogP) is 1.98. The van der Waals surface area contributed by atoms with Crippen LogP contribution < -0.4 is 10.1 Å². The summed E-state index contributed by atoms with van der Waals surface area (Å²) in [4.78, 5) is 21.7. The van der Waals surface area contributed by atoms with E-state index in [9.17, 15) is 9.59 Å². The zero-order chi connectivity index (χ0) is 19.5. The number of hydrogen-bond donors (Lipinski definition) is 3. The molecule has 0 aromatic heterocycles. The first-order valence-electron chi connectivity index (χ1n) is 8.56. The van der Waals surface area contributed by atoms with E-state index in [1.165, 1.54) is 12.0 Å². The number of rotatable bonds is 7. The topological polar surface area (TPSA) is 99.1 Å². The van der Waals surface area contributed by atoms with Crippen LogP contribution in [0.3, 0.4) is 0 Å². The Hall–Kier alpha value is -2.38. The van der Waals surface area contributed by atoms with Gasteiger partial charge in [0, 0.05) is 37.3 Å². The van der Waals surface area contributed by atoms with Gasteiger partial charge >= 0.3 is 11.9 Å². The van der Waals surface area contributed by atoms with Crippen LogP contribution in [0.15, 0.2) is 36.4 Å². The van der Waals surface area contributed by atoms with Crippen molar-refractivity contribution in [2.24, 2.45) is 0 Å². The summed E-state index contributed by atoms with van der Waals surface area (Å²) in [6.07, 6.45) is 2.37. The second-order valence-corrected chi connectivity index (χ2v) is 6.27. The summed E-state index contributed by atoms with van der Waals surface area (Å²) in [6, 6.07) is 9.62. The average molecular weight is 364 g/mol. The van der Waals surface area contributed by atoms with E-state index in [1.807, 2.05) is 6.07 Å². The molecule has 0 unspecified atom stereocenters. The van der Waals surface area contributed by atoms with Gasteiger partial charge in [0.15, 0.2) is 0 Å². The lowest BCUT2D eigenvalue weighted by atomic mass is 10.1. The fraction of sp³-hybridized carbons (Fsp3) is 0.474. The smallest absolute Gasteiger partial charge is 0.328 e. The summed E-state index contributed by atoms with van der Waals surface area (Å²) in [5.41, 5.74) is 1.33. The van der Waals surface area contributed by atoms with Gasteiger partial charge in [0.05, 0.1) is 7.11 Å². The molecule has 3 N–H and O–H groups in total. The van der Waals surface area contributed by atoms with Crippen LogP contribution in [0.5, 0.6) is 5.75 Å². The molecule has 26 heavy (non-hydrogen) atoms. The van der Waals surface area contributed by atoms with Crippen molar-refractivity contribution in [2.45, 2.75) is 38.9 Å². The van der Waals surface area contributed by atoms with Gasteiger partial charge in [0.2, 0.25) is 0 Å². The largest absolute Gasteiger partial charge is 0.497 e. The summed E-state index contributed by atoms with van der Waals surface area (Å²) in [7, 11) is 1.72. The van der Waals surface area contributed by atoms with Crippen molar-refractivity contribution in [1.29, 1.82) is 0 Å². The van der Waals surface area contributed by atoms with Crippen molar-refractivity contribution < 1.29 is 24.5 Å². The molecule has 0 aliphatic carbocycles. The first-order valence-corrected chi connectivity index (χ1v) is 8.56. The molecule has 0 amide bonds. The normalized spacial score (nSPS) is 16.6. The van der Waals surface area contributed by atoms with Crippen LogP contribution in [0.2, 0.25) is 0 Å². The summed E-state index contributed by atoms with van der Waals surface area (Å²) in [5, 5.41) is 19.1. The van der Waals surface area contributed by atoms with Crippen molar-refractivity contribution in [1.82, 2.24) is 10.2 Å². The highest BCUT2D eigenvalue weighted by atomic mass is 16.5. The van der Waals surface area contributed by atoms with Gasteiger partial charge in [0.1, 0.15) is 5.75 Å². The molecule has 1 aromatic carbocycles. The third kappa shape index (κ3) is 8.13.